The highest BCUT2D eigenvalue weighted by molar-refractivity contribution is 5.38. The lowest BCUT2D eigenvalue weighted by atomic mass is 10.1. The molecule has 0 aliphatic carbocycles. The van der Waals surface area contributed by atoms with Gasteiger partial charge < -0.3 is 4.74 Å². The first-order valence-corrected chi connectivity index (χ1v) is 7.67. The van der Waals surface area contributed by atoms with Crippen molar-refractivity contribution in [2.75, 3.05) is 6.61 Å². The summed E-state index contributed by atoms with van der Waals surface area (Å²) < 4.78 is 18.9. The molecule has 0 fully saturated rings. The summed E-state index contributed by atoms with van der Waals surface area (Å²) in [6, 6.07) is 4.67. The summed E-state index contributed by atoms with van der Waals surface area (Å²) in [6.07, 6.45) is 15.3. The van der Waals surface area contributed by atoms with E-state index in [4.69, 9.17) is 11.2 Å². The molecule has 2 heteroatoms. The molecule has 1 aromatic carbocycles. The molecule has 0 aliphatic heterocycles. The smallest absolute Gasteiger partial charge is 0.142 e. The van der Waals surface area contributed by atoms with Gasteiger partial charge in [0.15, 0.2) is 0 Å². The van der Waals surface area contributed by atoms with Crippen molar-refractivity contribution in [3.05, 3.63) is 29.6 Å². The highest BCUT2D eigenvalue weighted by Crippen LogP contribution is 2.16. The third kappa shape index (κ3) is 6.61. The average molecular weight is 276 g/mol. The molecule has 0 radical (unpaired) electrons. The summed E-state index contributed by atoms with van der Waals surface area (Å²) in [6.45, 7) is 2.88. The van der Waals surface area contributed by atoms with Gasteiger partial charge in [-0.1, -0.05) is 57.8 Å². The highest BCUT2D eigenvalue weighted by atomic mass is 19.1. The minimum atomic E-state index is -0.388. The summed E-state index contributed by atoms with van der Waals surface area (Å²) in [4.78, 5) is 0. The van der Waals surface area contributed by atoms with E-state index in [-0.39, 0.29) is 11.4 Å². The zero-order valence-corrected chi connectivity index (χ0v) is 12.5. The van der Waals surface area contributed by atoms with Crippen molar-refractivity contribution in [1.82, 2.24) is 0 Å². The Balaban J connectivity index is 2.07. The lowest BCUT2D eigenvalue weighted by molar-refractivity contribution is 0.303. The molecule has 0 amide bonds. The molecule has 0 aliphatic rings. The summed E-state index contributed by atoms with van der Waals surface area (Å²) in [5, 5.41) is 0. The quantitative estimate of drug-likeness (QED) is 0.415. The molecule has 0 unspecified atom stereocenters. The van der Waals surface area contributed by atoms with Crippen molar-refractivity contribution in [3.8, 4) is 18.1 Å². The molecular weight excluding hydrogens is 251 g/mol. The minimum Gasteiger partial charge on any atom is -0.493 e. The van der Waals surface area contributed by atoms with E-state index in [0.717, 1.165) is 6.42 Å². The molecule has 0 saturated carbocycles. The summed E-state index contributed by atoms with van der Waals surface area (Å²) in [7, 11) is 0. The number of ether oxygens (including phenoxy) is 1. The van der Waals surface area contributed by atoms with Crippen molar-refractivity contribution >= 4 is 0 Å². The Bertz CT molecular complexity index is 420. The lowest BCUT2D eigenvalue weighted by Crippen LogP contribution is -1.98. The number of hydrogen-bond donors (Lipinski definition) is 0. The van der Waals surface area contributed by atoms with Gasteiger partial charge in [0.05, 0.1) is 12.2 Å². The van der Waals surface area contributed by atoms with Crippen molar-refractivity contribution in [2.45, 2.75) is 58.3 Å². The number of terminal acetylenes is 1. The highest BCUT2D eigenvalue weighted by Gasteiger charge is 2.01. The molecule has 20 heavy (non-hydrogen) atoms. The number of unbranched alkanes of at least 4 members (excludes halogenated alkanes) is 7. The van der Waals surface area contributed by atoms with Crippen LogP contribution in [0.2, 0.25) is 0 Å². The third-order valence-corrected chi connectivity index (χ3v) is 3.36. The molecule has 0 aromatic heterocycles. The monoisotopic (exact) mass is 276 g/mol. The molecule has 1 nitrogen and oxygen atoms in total. The van der Waals surface area contributed by atoms with Crippen LogP contribution < -0.4 is 4.74 Å². The van der Waals surface area contributed by atoms with Crippen molar-refractivity contribution in [2.24, 2.45) is 0 Å². The first-order chi connectivity index (χ1) is 9.77. The van der Waals surface area contributed by atoms with Gasteiger partial charge in [0.1, 0.15) is 11.6 Å². The summed E-state index contributed by atoms with van der Waals surface area (Å²) in [5.41, 5.74) is 0.282. The van der Waals surface area contributed by atoms with E-state index in [1.54, 1.807) is 12.1 Å². The van der Waals surface area contributed by atoms with Crippen LogP contribution in [-0.4, -0.2) is 6.61 Å². The van der Waals surface area contributed by atoms with Crippen molar-refractivity contribution < 1.29 is 9.13 Å². The number of halogens is 1. The second-order valence-corrected chi connectivity index (χ2v) is 5.11. The van der Waals surface area contributed by atoms with Gasteiger partial charge >= 0.3 is 0 Å². The van der Waals surface area contributed by atoms with Crippen LogP contribution in [-0.2, 0) is 0 Å². The molecule has 0 atom stereocenters. The molecule has 0 heterocycles. The molecule has 1 rings (SSSR count). The topological polar surface area (TPSA) is 9.23 Å². The average Bonchev–Trinajstić information content (AvgIpc) is 2.46. The van der Waals surface area contributed by atoms with Gasteiger partial charge in [0.2, 0.25) is 0 Å². The molecule has 0 N–H and O–H groups in total. The molecule has 110 valence electrons. The Morgan fingerprint density at radius 1 is 1.05 bits per heavy atom. The summed E-state index contributed by atoms with van der Waals surface area (Å²) in [5.74, 6) is 2.47. The first-order valence-electron chi connectivity index (χ1n) is 7.67. The van der Waals surface area contributed by atoms with Gasteiger partial charge in [0.25, 0.3) is 0 Å². The fourth-order valence-corrected chi connectivity index (χ4v) is 2.13. The SMILES string of the molecule is C#Cc1ccc(OCCCCCCCCCC)cc1F. The molecular formula is C18H25FO. The number of rotatable bonds is 10. The van der Waals surface area contributed by atoms with E-state index in [0.29, 0.717) is 12.4 Å². The predicted octanol–water partition coefficient (Wildman–Crippen LogP) is 5.33. The van der Waals surface area contributed by atoms with Gasteiger partial charge in [-0.15, -0.1) is 6.42 Å². The van der Waals surface area contributed by atoms with Crippen molar-refractivity contribution in [3.63, 3.8) is 0 Å². The Morgan fingerprint density at radius 3 is 2.30 bits per heavy atom. The van der Waals surface area contributed by atoms with Gasteiger partial charge in [-0.3, -0.25) is 0 Å². The molecule has 0 bridgehead atoms. The largest absolute Gasteiger partial charge is 0.493 e. The van der Waals surface area contributed by atoms with E-state index in [1.807, 2.05) is 0 Å². The predicted molar refractivity (Wildman–Crippen MR) is 82.4 cm³/mol. The Morgan fingerprint density at radius 2 is 1.70 bits per heavy atom. The van der Waals surface area contributed by atoms with Crippen LogP contribution in [0.4, 0.5) is 4.39 Å². The van der Waals surface area contributed by atoms with Crippen LogP contribution in [0.15, 0.2) is 18.2 Å². The Hall–Kier alpha value is -1.49. The van der Waals surface area contributed by atoms with Gasteiger partial charge in [-0.25, -0.2) is 4.39 Å². The van der Waals surface area contributed by atoms with Gasteiger partial charge in [-0.2, -0.15) is 0 Å². The maximum atomic E-state index is 13.4. The standard InChI is InChI=1S/C18H25FO/c1-3-5-6-7-8-9-10-11-14-20-17-13-12-16(4-2)18(19)15-17/h2,12-13,15H,3,5-11,14H2,1H3. The normalized spacial score (nSPS) is 10.2. The minimum absolute atomic E-state index is 0.282. The van der Waals surface area contributed by atoms with E-state index in [9.17, 15) is 4.39 Å². The first kappa shape index (κ1) is 16.6. The molecule has 0 saturated heterocycles. The molecule has 0 spiro atoms. The maximum Gasteiger partial charge on any atom is 0.142 e. The maximum absolute atomic E-state index is 13.4. The van der Waals surface area contributed by atoms with Crippen LogP contribution in [0.25, 0.3) is 0 Å². The zero-order chi connectivity index (χ0) is 14.6. The van der Waals surface area contributed by atoms with Gasteiger partial charge in [-0.05, 0) is 18.6 Å². The van der Waals surface area contributed by atoms with Gasteiger partial charge in [0, 0.05) is 6.07 Å². The Kier molecular flexibility index (Phi) is 8.54. The lowest BCUT2D eigenvalue weighted by Gasteiger charge is -2.07. The van der Waals surface area contributed by atoms with E-state index < -0.39 is 0 Å². The van der Waals surface area contributed by atoms with Crippen LogP contribution >= 0.6 is 0 Å². The summed E-state index contributed by atoms with van der Waals surface area (Å²) >= 11 is 0. The molecule has 1 aromatic rings. The third-order valence-electron chi connectivity index (χ3n) is 3.36. The fraction of sp³-hybridized carbons (Fsp3) is 0.556. The van der Waals surface area contributed by atoms with E-state index >= 15 is 0 Å². The van der Waals surface area contributed by atoms with E-state index in [1.165, 1.54) is 51.0 Å². The number of benzene rings is 1. The van der Waals surface area contributed by atoms with Crippen LogP contribution in [0.3, 0.4) is 0 Å². The number of hydrogen-bond acceptors (Lipinski definition) is 1. The second kappa shape index (κ2) is 10.3. The fourth-order valence-electron chi connectivity index (χ4n) is 2.13. The van der Waals surface area contributed by atoms with Crippen LogP contribution in [0.5, 0.6) is 5.75 Å². The van der Waals surface area contributed by atoms with E-state index in [2.05, 4.69) is 12.8 Å². The zero-order valence-electron chi connectivity index (χ0n) is 12.5. The second-order valence-electron chi connectivity index (χ2n) is 5.11. The Labute approximate surface area is 122 Å². The van der Waals surface area contributed by atoms with Crippen molar-refractivity contribution in [1.29, 1.82) is 0 Å². The van der Waals surface area contributed by atoms with Crippen LogP contribution in [0.1, 0.15) is 63.9 Å². The van der Waals surface area contributed by atoms with Crippen LogP contribution in [0, 0.1) is 18.2 Å².